The second kappa shape index (κ2) is 2.88. The number of hydrogen-bond acceptors (Lipinski definition) is 1. The van der Waals surface area contributed by atoms with E-state index in [0.29, 0.717) is 0 Å². The molecule has 0 N–H and O–H groups in total. The van der Waals surface area contributed by atoms with Crippen molar-refractivity contribution in [2.24, 2.45) is 0 Å². The zero-order chi connectivity index (χ0) is 5.91. The molecule has 0 aliphatic carbocycles. The quantitative estimate of drug-likeness (QED) is 0.696. The second-order valence-corrected chi connectivity index (χ2v) is 2.84. The molecule has 0 fully saturated rings. The topological polar surface area (TPSA) is 9.23 Å². The Morgan fingerprint density at radius 3 is 2.00 bits per heavy atom. The zero-order valence-electron chi connectivity index (χ0n) is 4.92. The van der Waals surface area contributed by atoms with Gasteiger partial charge in [0.05, 0.1) is 0 Å². The van der Waals surface area contributed by atoms with Crippen molar-refractivity contribution in [3.05, 3.63) is 0 Å². The summed E-state index contributed by atoms with van der Waals surface area (Å²) in [4.78, 5) is 0. The van der Waals surface area contributed by atoms with Crippen LogP contribution in [0.4, 0.5) is 0 Å². The minimum atomic E-state index is 0.0586. The summed E-state index contributed by atoms with van der Waals surface area (Å²) in [5.74, 6) is 0. The molecule has 0 aromatic rings. The summed E-state index contributed by atoms with van der Waals surface area (Å²) in [5, 5.41) is 0. The van der Waals surface area contributed by atoms with Gasteiger partial charge in [-0.15, -0.1) is 0 Å². The van der Waals surface area contributed by atoms with Crippen LogP contribution in [0.15, 0.2) is 0 Å². The van der Waals surface area contributed by atoms with Crippen LogP contribution < -0.4 is 0 Å². The van der Waals surface area contributed by atoms with E-state index in [1.165, 1.54) is 0 Å². The monoisotopic (exact) mass is 284 g/mol. The van der Waals surface area contributed by atoms with E-state index in [2.05, 4.69) is 34.9 Å². The van der Waals surface area contributed by atoms with E-state index in [1.54, 1.807) is 7.11 Å². The van der Waals surface area contributed by atoms with Crippen LogP contribution in [0.1, 0.15) is 13.8 Å². The van der Waals surface area contributed by atoms with Crippen LogP contribution in [0, 0.1) is 0 Å². The molecule has 0 saturated heterocycles. The van der Waals surface area contributed by atoms with Crippen LogP contribution >= 0.6 is 0 Å². The summed E-state index contributed by atoms with van der Waals surface area (Å²) in [7, 11) is 1.73. The van der Waals surface area contributed by atoms with E-state index in [1.807, 2.05) is 0 Å². The van der Waals surface area contributed by atoms with Crippen molar-refractivity contribution in [3.8, 4) is 0 Å². The summed E-state index contributed by atoms with van der Waals surface area (Å²) in [6, 6.07) is 0. The van der Waals surface area contributed by atoms with Gasteiger partial charge in [0, 0.05) is 0 Å². The standard InChI is InChI=1S/C5H11O.Au/c1-5(2,3)6-4;/h1H2,2-4H3;. The molecule has 0 unspecified atom stereocenters. The van der Waals surface area contributed by atoms with Crippen molar-refractivity contribution in [2.75, 3.05) is 7.11 Å². The molecule has 1 nitrogen and oxygen atoms in total. The maximum atomic E-state index is 5.07. The Morgan fingerprint density at radius 1 is 1.57 bits per heavy atom. The van der Waals surface area contributed by atoms with Gasteiger partial charge in [-0.25, -0.2) is 0 Å². The Balaban J connectivity index is 3.36. The summed E-state index contributed by atoms with van der Waals surface area (Å²) in [6.45, 7) is 4.12. The third-order valence-corrected chi connectivity index (χ3v) is 2.65. The summed E-state index contributed by atoms with van der Waals surface area (Å²) in [5.41, 5.74) is 0.0586. The molecule has 7 heavy (non-hydrogen) atoms. The molecule has 0 amide bonds. The van der Waals surface area contributed by atoms with Gasteiger partial charge in [0.2, 0.25) is 0 Å². The fourth-order valence-electron chi connectivity index (χ4n) is 0.0435. The van der Waals surface area contributed by atoms with Gasteiger partial charge in [0.1, 0.15) is 0 Å². The van der Waals surface area contributed by atoms with E-state index < -0.39 is 0 Å². The fraction of sp³-hybridized carbons (Fsp3) is 1.00. The first-order valence-electron chi connectivity index (χ1n) is 2.18. The average molecular weight is 284 g/mol. The van der Waals surface area contributed by atoms with E-state index >= 15 is 0 Å². The van der Waals surface area contributed by atoms with Gasteiger partial charge in [-0.1, -0.05) is 0 Å². The molecule has 0 aromatic carbocycles. The van der Waals surface area contributed by atoms with Gasteiger partial charge >= 0.3 is 57.0 Å². The third-order valence-electron chi connectivity index (χ3n) is 0.809. The Bertz CT molecular complexity index is 46.0. The third kappa shape index (κ3) is 3.30. The van der Waals surface area contributed by atoms with Crippen LogP contribution in [-0.2, 0) is 25.8 Å². The summed E-state index contributed by atoms with van der Waals surface area (Å²) < 4.78 is 6.09. The molecular formula is C5H11AuO. The number of methoxy groups -OCH3 is 1. The fourth-order valence-corrected chi connectivity index (χ4v) is 0.356. The summed E-state index contributed by atoms with van der Waals surface area (Å²) >= 11 is 2.47. The first kappa shape index (κ1) is 7.70. The second-order valence-electron chi connectivity index (χ2n) is 2.07. The number of rotatable bonds is 2. The van der Waals surface area contributed by atoms with E-state index in [-0.39, 0.29) is 5.60 Å². The molecule has 0 heterocycles. The SMILES string of the molecule is COC(C)(C)[CH2][Au]. The predicted molar refractivity (Wildman–Crippen MR) is 25.9 cm³/mol. The predicted octanol–water partition coefficient (Wildman–Crippen LogP) is 1.38. The van der Waals surface area contributed by atoms with E-state index in [0.717, 1.165) is 4.64 Å². The van der Waals surface area contributed by atoms with E-state index in [9.17, 15) is 0 Å². The van der Waals surface area contributed by atoms with Crippen molar-refractivity contribution in [2.45, 2.75) is 24.1 Å². The molecule has 0 bridgehead atoms. The normalized spacial score (nSPS) is 12.1. The van der Waals surface area contributed by atoms with Crippen molar-refractivity contribution < 1.29 is 25.8 Å². The zero-order valence-corrected chi connectivity index (χ0v) is 7.08. The first-order valence-corrected chi connectivity index (χ1v) is 3.71. The molecule has 0 atom stereocenters. The molecule has 0 rings (SSSR count). The van der Waals surface area contributed by atoms with Gasteiger partial charge < -0.3 is 0 Å². The molecule has 0 radical (unpaired) electrons. The molecular weight excluding hydrogens is 273 g/mol. The Labute approximate surface area is 57.3 Å². The Morgan fingerprint density at radius 2 is 2.00 bits per heavy atom. The average Bonchev–Trinajstić information content (AvgIpc) is 1.68. The van der Waals surface area contributed by atoms with Crippen LogP contribution in [0.2, 0.25) is 4.64 Å². The first-order chi connectivity index (χ1) is 3.12. The molecule has 0 saturated carbocycles. The van der Waals surface area contributed by atoms with Crippen LogP contribution in [0.25, 0.3) is 0 Å². The minimum absolute atomic E-state index is 0.0586. The van der Waals surface area contributed by atoms with Crippen molar-refractivity contribution in [1.29, 1.82) is 0 Å². The molecule has 0 spiro atoms. The maximum absolute atomic E-state index is 5.07. The van der Waals surface area contributed by atoms with Gasteiger partial charge in [0.15, 0.2) is 0 Å². The number of ether oxygens (including phenoxy) is 1. The Hall–Kier alpha value is 0.700. The van der Waals surface area contributed by atoms with Crippen molar-refractivity contribution in [1.82, 2.24) is 0 Å². The Kier molecular flexibility index (Phi) is 3.16. The van der Waals surface area contributed by atoms with Gasteiger partial charge in [-0.3, -0.25) is 0 Å². The van der Waals surface area contributed by atoms with Crippen LogP contribution in [0.5, 0.6) is 0 Å². The molecule has 48 valence electrons. The summed E-state index contributed by atoms with van der Waals surface area (Å²) in [6.07, 6.45) is 0. The van der Waals surface area contributed by atoms with Gasteiger partial charge in [0.25, 0.3) is 0 Å². The number of hydrogen-bond donors (Lipinski definition) is 0. The molecule has 0 aliphatic rings. The molecule has 0 aromatic heterocycles. The molecule has 2 heteroatoms. The van der Waals surface area contributed by atoms with E-state index in [4.69, 9.17) is 4.74 Å². The van der Waals surface area contributed by atoms with Crippen molar-refractivity contribution >= 4 is 0 Å². The van der Waals surface area contributed by atoms with Gasteiger partial charge in [-0.05, 0) is 0 Å². The van der Waals surface area contributed by atoms with Gasteiger partial charge in [-0.2, -0.15) is 0 Å². The van der Waals surface area contributed by atoms with Crippen LogP contribution in [0.3, 0.4) is 0 Å². The van der Waals surface area contributed by atoms with Crippen molar-refractivity contribution in [3.63, 3.8) is 0 Å². The molecule has 0 aliphatic heterocycles. The van der Waals surface area contributed by atoms with Crippen LogP contribution in [-0.4, -0.2) is 12.7 Å².